The first kappa shape index (κ1) is 12.7. The van der Waals surface area contributed by atoms with Gasteiger partial charge in [-0.25, -0.2) is 4.79 Å². The smallest absolute Gasteiger partial charge is 0.328 e. The highest BCUT2D eigenvalue weighted by atomic mass is 127. The molecule has 0 atom stereocenters. The number of carboxylic acid groups (broad SMARTS) is 1. The van der Waals surface area contributed by atoms with Crippen molar-refractivity contribution < 1.29 is 14.7 Å². The first-order valence-corrected chi connectivity index (χ1v) is 5.53. The molecule has 5 heteroatoms. The fraction of sp³-hybridized carbons (Fsp3) is 0.0909. The van der Waals surface area contributed by atoms with Crippen LogP contribution in [0.1, 0.15) is 0 Å². The monoisotopic (exact) mass is 331 g/mol. The number of para-hydroxylation sites is 1. The van der Waals surface area contributed by atoms with Crippen molar-refractivity contribution in [2.24, 2.45) is 0 Å². The average Bonchev–Trinajstić information content (AvgIpc) is 2.25. The zero-order valence-electron chi connectivity index (χ0n) is 8.55. The molecule has 0 aromatic heterocycles. The van der Waals surface area contributed by atoms with Crippen molar-refractivity contribution in [2.75, 3.05) is 11.9 Å². The Morgan fingerprint density at radius 3 is 2.50 bits per heavy atom. The third kappa shape index (κ3) is 3.34. The molecule has 0 heterocycles. The molecule has 0 saturated heterocycles. The van der Waals surface area contributed by atoms with Crippen LogP contribution in [0.2, 0.25) is 0 Å². The third-order valence-corrected chi connectivity index (χ3v) is 2.83. The minimum absolute atomic E-state index is 0.369. The Bertz CT molecular complexity index is 443. The summed E-state index contributed by atoms with van der Waals surface area (Å²) in [5, 5.41) is 8.41. The fourth-order valence-electron chi connectivity index (χ4n) is 1.10. The van der Waals surface area contributed by atoms with Crippen molar-refractivity contribution in [3.8, 4) is 0 Å². The Kier molecular flexibility index (Phi) is 4.48. The van der Waals surface area contributed by atoms with E-state index in [9.17, 15) is 9.59 Å². The van der Waals surface area contributed by atoms with Crippen LogP contribution in [0.15, 0.2) is 36.4 Å². The number of anilines is 1. The van der Waals surface area contributed by atoms with Gasteiger partial charge in [-0.15, -0.1) is 0 Å². The lowest BCUT2D eigenvalue weighted by atomic mass is 10.3. The predicted octanol–water partition coefficient (Wildman–Crippen LogP) is 1.89. The van der Waals surface area contributed by atoms with Crippen LogP contribution in [-0.2, 0) is 9.59 Å². The molecule has 0 bridgehead atoms. The Morgan fingerprint density at radius 1 is 1.31 bits per heavy atom. The van der Waals surface area contributed by atoms with Crippen molar-refractivity contribution in [3.05, 3.63) is 40.0 Å². The van der Waals surface area contributed by atoms with E-state index in [0.717, 1.165) is 21.4 Å². The molecule has 0 aliphatic rings. The summed E-state index contributed by atoms with van der Waals surface area (Å²) in [7, 11) is 1.60. The van der Waals surface area contributed by atoms with Gasteiger partial charge in [-0.05, 0) is 34.7 Å². The van der Waals surface area contributed by atoms with E-state index in [1.807, 2.05) is 18.2 Å². The molecule has 0 radical (unpaired) electrons. The van der Waals surface area contributed by atoms with Crippen LogP contribution in [0.25, 0.3) is 0 Å². The van der Waals surface area contributed by atoms with E-state index in [1.165, 1.54) is 4.90 Å². The second-order valence-corrected chi connectivity index (χ2v) is 4.18. The maximum atomic E-state index is 11.6. The molecule has 1 rings (SSSR count). The van der Waals surface area contributed by atoms with Crippen molar-refractivity contribution in [3.63, 3.8) is 0 Å². The lowest BCUT2D eigenvalue weighted by Gasteiger charge is -2.16. The van der Waals surface area contributed by atoms with E-state index in [2.05, 4.69) is 22.6 Å². The Balaban J connectivity index is 2.86. The number of halogens is 1. The first-order chi connectivity index (χ1) is 7.52. The van der Waals surface area contributed by atoms with Gasteiger partial charge in [0.15, 0.2) is 0 Å². The maximum absolute atomic E-state index is 11.6. The Labute approximate surface area is 107 Å². The maximum Gasteiger partial charge on any atom is 0.328 e. The number of carbonyl (C=O) groups excluding carboxylic acids is 1. The Hall–Kier alpha value is -1.37. The molecule has 1 amide bonds. The van der Waals surface area contributed by atoms with Crippen LogP contribution >= 0.6 is 22.6 Å². The zero-order valence-corrected chi connectivity index (χ0v) is 10.7. The van der Waals surface area contributed by atoms with E-state index in [0.29, 0.717) is 0 Å². The zero-order chi connectivity index (χ0) is 12.1. The lowest BCUT2D eigenvalue weighted by Crippen LogP contribution is -2.25. The predicted molar refractivity (Wildman–Crippen MR) is 69.3 cm³/mol. The molecule has 4 nitrogen and oxygen atoms in total. The third-order valence-electron chi connectivity index (χ3n) is 1.91. The number of benzene rings is 1. The number of carbonyl (C=O) groups is 2. The summed E-state index contributed by atoms with van der Waals surface area (Å²) in [5.41, 5.74) is 0.753. The molecule has 0 saturated carbocycles. The first-order valence-electron chi connectivity index (χ1n) is 4.45. The molecule has 0 aliphatic heterocycles. The van der Waals surface area contributed by atoms with Gasteiger partial charge >= 0.3 is 5.97 Å². The van der Waals surface area contributed by atoms with Gasteiger partial charge in [0.05, 0.1) is 5.69 Å². The summed E-state index contributed by atoms with van der Waals surface area (Å²) in [6, 6.07) is 7.37. The summed E-state index contributed by atoms with van der Waals surface area (Å²) in [6.07, 6.45) is 1.86. The number of nitrogens with zero attached hydrogens (tertiary/aromatic N) is 1. The van der Waals surface area contributed by atoms with Gasteiger partial charge < -0.3 is 10.0 Å². The topological polar surface area (TPSA) is 57.6 Å². The number of rotatable bonds is 3. The van der Waals surface area contributed by atoms with Crippen LogP contribution in [0.3, 0.4) is 0 Å². The number of carboxylic acids is 1. The van der Waals surface area contributed by atoms with Crippen LogP contribution < -0.4 is 4.90 Å². The van der Waals surface area contributed by atoms with Gasteiger partial charge in [-0.1, -0.05) is 12.1 Å². The van der Waals surface area contributed by atoms with E-state index in [4.69, 9.17) is 5.11 Å². The molecular weight excluding hydrogens is 321 g/mol. The molecule has 0 aliphatic carbocycles. The van der Waals surface area contributed by atoms with E-state index in [-0.39, 0.29) is 5.91 Å². The van der Waals surface area contributed by atoms with Crippen LogP contribution in [0.5, 0.6) is 0 Å². The van der Waals surface area contributed by atoms with Crippen LogP contribution in [0.4, 0.5) is 5.69 Å². The van der Waals surface area contributed by atoms with Gasteiger partial charge in [0.25, 0.3) is 5.91 Å². The molecule has 0 fully saturated rings. The second kappa shape index (κ2) is 5.64. The average molecular weight is 331 g/mol. The van der Waals surface area contributed by atoms with E-state index in [1.54, 1.807) is 13.1 Å². The molecule has 1 aromatic carbocycles. The Morgan fingerprint density at radius 2 is 1.94 bits per heavy atom. The molecule has 1 aromatic rings. The standard InChI is InChI=1S/C11H10INO3/c1-13(10(14)6-7-11(15)16)9-5-3-2-4-8(9)12/h2-7H,1H3,(H,15,16)/b7-6+. The number of aliphatic carboxylic acids is 1. The van der Waals surface area contributed by atoms with Crippen molar-refractivity contribution in [1.82, 2.24) is 0 Å². The van der Waals surface area contributed by atoms with Gasteiger partial charge in [0.2, 0.25) is 0 Å². The van der Waals surface area contributed by atoms with Crippen molar-refractivity contribution in [2.45, 2.75) is 0 Å². The summed E-state index contributed by atoms with van der Waals surface area (Å²) in [4.78, 5) is 23.2. The van der Waals surface area contributed by atoms with Gasteiger partial charge in [0.1, 0.15) is 0 Å². The quantitative estimate of drug-likeness (QED) is 0.680. The number of amides is 1. The fourth-order valence-corrected chi connectivity index (χ4v) is 1.85. The van der Waals surface area contributed by atoms with E-state index < -0.39 is 5.97 Å². The summed E-state index contributed by atoms with van der Waals surface area (Å²) in [6.45, 7) is 0. The highest BCUT2D eigenvalue weighted by Gasteiger charge is 2.10. The summed E-state index contributed by atoms with van der Waals surface area (Å²) >= 11 is 2.12. The minimum Gasteiger partial charge on any atom is -0.478 e. The number of hydrogen-bond donors (Lipinski definition) is 1. The number of hydrogen-bond acceptors (Lipinski definition) is 2. The largest absolute Gasteiger partial charge is 0.478 e. The van der Waals surface area contributed by atoms with Gasteiger partial charge in [-0.2, -0.15) is 0 Å². The SMILES string of the molecule is CN(C(=O)/C=C/C(=O)O)c1ccccc1I. The molecule has 0 spiro atoms. The van der Waals surface area contributed by atoms with Crippen molar-refractivity contribution in [1.29, 1.82) is 0 Å². The van der Waals surface area contributed by atoms with Crippen LogP contribution in [-0.4, -0.2) is 24.0 Å². The molecular formula is C11H10INO3. The van der Waals surface area contributed by atoms with Gasteiger partial charge in [-0.3, -0.25) is 4.79 Å². The van der Waals surface area contributed by atoms with Gasteiger partial charge in [0, 0.05) is 22.8 Å². The van der Waals surface area contributed by atoms with E-state index >= 15 is 0 Å². The number of likely N-dealkylation sites (N-methyl/N-ethyl adjacent to an activating group) is 1. The summed E-state index contributed by atoms with van der Waals surface area (Å²) < 4.78 is 0.930. The lowest BCUT2D eigenvalue weighted by molar-refractivity contribution is -0.131. The highest BCUT2D eigenvalue weighted by molar-refractivity contribution is 14.1. The van der Waals surface area contributed by atoms with Crippen molar-refractivity contribution >= 4 is 40.2 Å². The highest BCUT2D eigenvalue weighted by Crippen LogP contribution is 2.20. The molecule has 0 unspecified atom stereocenters. The minimum atomic E-state index is -1.13. The molecule has 84 valence electrons. The summed E-state index contributed by atoms with van der Waals surface area (Å²) in [5.74, 6) is -1.50. The normalized spacial score (nSPS) is 10.4. The molecule has 1 N–H and O–H groups in total. The molecule has 16 heavy (non-hydrogen) atoms. The van der Waals surface area contributed by atoms with Crippen LogP contribution in [0, 0.1) is 3.57 Å². The second-order valence-electron chi connectivity index (χ2n) is 3.02.